The monoisotopic (exact) mass is 310 g/mol. The van der Waals surface area contributed by atoms with Gasteiger partial charge in [0, 0.05) is 11.4 Å². The van der Waals surface area contributed by atoms with Gasteiger partial charge >= 0.3 is 0 Å². The van der Waals surface area contributed by atoms with Crippen molar-refractivity contribution in [2.24, 2.45) is 0 Å². The topological polar surface area (TPSA) is 58.2 Å². The van der Waals surface area contributed by atoms with Gasteiger partial charge in [0.25, 0.3) is 0 Å². The Hall–Kier alpha value is -2.62. The zero-order chi connectivity index (χ0) is 16.8. The Morgan fingerprint density at radius 2 is 1.39 bits per heavy atom. The van der Waals surface area contributed by atoms with Crippen LogP contribution in [0.2, 0.25) is 0 Å². The molecule has 4 heteroatoms. The third kappa shape index (κ3) is 4.68. The number of nitrogens with one attached hydrogen (secondary N) is 2. The van der Waals surface area contributed by atoms with Crippen LogP contribution in [0.5, 0.6) is 0 Å². The quantitative estimate of drug-likeness (QED) is 0.817. The van der Waals surface area contributed by atoms with Gasteiger partial charge in [-0.3, -0.25) is 9.59 Å². The summed E-state index contributed by atoms with van der Waals surface area (Å²) in [6, 6.07) is 15.1. The van der Waals surface area contributed by atoms with E-state index in [4.69, 9.17) is 0 Å². The Morgan fingerprint density at radius 3 is 2.00 bits per heavy atom. The molecule has 2 amide bonds. The highest BCUT2D eigenvalue weighted by Gasteiger charge is 2.13. The van der Waals surface area contributed by atoms with Gasteiger partial charge in [0.2, 0.25) is 11.8 Å². The first-order valence-electron chi connectivity index (χ1n) is 7.71. The average molecular weight is 310 g/mol. The van der Waals surface area contributed by atoms with Crippen molar-refractivity contribution < 1.29 is 9.59 Å². The minimum Gasteiger partial charge on any atom is -0.325 e. The van der Waals surface area contributed by atoms with Gasteiger partial charge in [-0.05, 0) is 36.1 Å². The predicted octanol–water partition coefficient (Wildman–Crippen LogP) is 4.09. The van der Waals surface area contributed by atoms with Gasteiger partial charge in [-0.25, -0.2) is 0 Å². The number of hydrogen-bond donors (Lipinski definition) is 2. The number of para-hydroxylation sites is 2. The van der Waals surface area contributed by atoms with Crippen molar-refractivity contribution in [3.8, 4) is 0 Å². The number of aryl methyl sites for hydroxylation is 1. The van der Waals surface area contributed by atoms with Crippen LogP contribution in [0.1, 0.15) is 37.3 Å². The molecule has 0 saturated heterocycles. The molecule has 0 aliphatic heterocycles. The lowest BCUT2D eigenvalue weighted by Gasteiger charge is -2.13. The SMILES string of the molecule is Cc1ccccc1NC(=O)CC(=O)Nc1ccccc1C(C)C. The van der Waals surface area contributed by atoms with E-state index in [0.29, 0.717) is 5.92 Å². The number of carbonyl (C=O) groups is 2. The molecule has 0 saturated carbocycles. The molecule has 0 atom stereocenters. The molecule has 120 valence electrons. The fraction of sp³-hybridized carbons (Fsp3) is 0.263. The summed E-state index contributed by atoms with van der Waals surface area (Å²) in [5.41, 5.74) is 3.51. The second-order valence-corrected chi connectivity index (χ2v) is 5.83. The van der Waals surface area contributed by atoms with E-state index in [9.17, 15) is 9.59 Å². The number of benzene rings is 2. The normalized spacial score (nSPS) is 10.4. The van der Waals surface area contributed by atoms with Crippen molar-refractivity contribution in [1.29, 1.82) is 0 Å². The molecule has 0 heterocycles. The van der Waals surface area contributed by atoms with Crippen LogP contribution in [-0.4, -0.2) is 11.8 Å². The fourth-order valence-electron chi connectivity index (χ4n) is 2.36. The first-order chi connectivity index (χ1) is 11.0. The summed E-state index contributed by atoms with van der Waals surface area (Å²) < 4.78 is 0. The molecule has 0 unspecified atom stereocenters. The molecule has 0 aliphatic carbocycles. The van der Waals surface area contributed by atoms with Crippen molar-refractivity contribution in [2.45, 2.75) is 33.1 Å². The van der Waals surface area contributed by atoms with E-state index in [2.05, 4.69) is 24.5 Å². The molecule has 23 heavy (non-hydrogen) atoms. The van der Waals surface area contributed by atoms with E-state index in [1.165, 1.54) is 0 Å². The van der Waals surface area contributed by atoms with Crippen molar-refractivity contribution in [1.82, 2.24) is 0 Å². The lowest BCUT2D eigenvalue weighted by Crippen LogP contribution is -2.22. The molecule has 4 nitrogen and oxygen atoms in total. The van der Waals surface area contributed by atoms with Crippen molar-refractivity contribution >= 4 is 23.2 Å². The molecule has 0 bridgehead atoms. The summed E-state index contributed by atoms with van der Waals surface area (Å²) in [5.74, 6) is -0.338. The van der Waals surface area contributed by atoms with Gasteiger partial charge in [-0.1, -0.05) is 50.2 Å². The number of hydrogen-bond acceptors (Lipinski definition) is 2. The zero-order valence-corrected chi connectivity index (χ0v) is 13.7. The molecule has 2 N–H and O–H groups in total. The molecule has 0 spiro atoms. The maximum atomic E-state index is 12.1. The van der Waals surface area contributed by atoms with E-state index < -0.39 is 0 Å². The second kappa shape index (κ2) is 7.58. The molecule has 2 aromatic carbocycles. The second-order valence-electron chi connectivity index (χ2n) is 5.83. The van der Waals surface area contributed by atoms with Gasteiger partial charge < -0.3 is 10.6 Å². The van der Waals surface area contributed by atoms with Crippen LogP contribution in [0.25, 0.3) is 0 Å². The minimum atomic E-state index is -0.321. The number of rotatable bonds is 5. The third-order valence-electron chi connectivity index (χ3n) is 3.60. The van der Waals surface area contributed by atoms with Crippen LogP contribution in [0.15, 0.2) is 48.5 Å². The maximum Gasteiger partial charge on any atom is 0.233 e. The van der Waals surface area contributed by atoms with Gasteiger partial charge in [0.1, 0.15) is 6.42 Å². The van der Waals surface area contributed by atoms with Crippen molar-refractivity contribution in [3.05, 3.63) is 59.7 Å². The molecular formula is C19H22N2O2. The maximum absolute atomic E-state index is 12.1. The standard InChI is InChI=1S/C19H22N2O2/c1-13(2)15-9-5-7-11-17(15)21-19(23)12-18(22)20-16-10-6-4-8-14(16)3/h4-11,13H,12H2,1-3H3,(H,20,22)(H,21,23). The molecule has 2 aromatic rings. The molecular weight excluding hydrogens is 288 g/mol. The zero-order valence-electron chi connectivity index (χ0n) is 13.7. The lowest BCUT2D eigenvalue weighted by atomic mass is 10.0. The molecule has 0 aliphatic rings. The smallest absolute Gasteiger partial charge is 0.233 e. The molecule has 0 fully saturated rings. The van der Waals surface area contributed by atoms with Gasteiger partial charge in [0.05, 0.1) is 0 Å². The Balaban J connectivity index is 1.97. The van der Waals surface area contributed by atoms with Gasteiger partial charge in [-0.2, -0.15) is 0 Å². The summed E-state index contributed by atoms with van der Waals surface area (Å²) in [4.78, 5) is 24.1. The highest BCUT2D eigenvalue weighted by Crippen LogP contribution is 2.23. The van der Waals surface area contributed by atoms with Crippen molar-refractivity contribution in [3.63, 3.8) is 0 Å². The first kappa shape index (κ1) is 16.7. The van der Waals surface area contributed by atoms with Crippen molar-refractivity contribution in [2.75, 3.05) is 10.6 Å². The van der Waals surface area contributed by atoms with E-state index in [-0.39, 0.29) is 18.2 Å². The first-order valence-corrected chi connectivity index (χ1v) is 7.71. The fourth-order valence-corrected chi connectivity index (χ4v) is 2.36. The number of amides is 2. The van der Waals surface area contributed by atoms with E-state index in [1.54, 1.807) is 0 Å². The predicted molar refractivity (Wildman–Crippen MR) is 93.6 cm³/mol. The summed E-state index contributed by atoms with van der Waals surface area (Å²) in [6.45, 7) is 6.04. The van der Waals surface area contributed by atoms with Gasteiger partial charge in [-0.15, -0.1) is 0 Å². The lowest BCUT2D eigenvalue weighted by molar-refractivity contribution is -0.123. The summed E-state index contributed by atoms with van der Waals surface area (Å²) in [7, 11) is 0. The van der Waals surface area contributed by atoms with Crippen LogP contribution < -0.4 is 10.6 Å². The summed E-state index contributed by atoms with van der Waals surface area (Å²) in [5, 5.41) is 5.59. The van der Waals surface area contributed by atoms with Crippen LogP contribution in [-0.2, 0) is 9.59 Å². The largest absolute Gasteiger partial charge is 0.325 e. The van der Waals surface area contributed by atoms with E-state index in [0.717, 1.165) is 22.5 Å². The number of carbonyl (C=O) groups excluding carboxylic acids is 2. The Kier molecular flexibility index (Phi) is 5.52. The van der Waals surface area contributed by atoms with E-state index in [1.807, 2.05) is 55.5 Å². The third-order valence-corrected chi connectivity index (χ3v) is 3.60. The van der Waals surface area contributed by atoms with E-state index >= 15 is 0 Å². The highest BCUT2D eigenvalue weighted by molar-refractivity contribution is 6.08. The average Bonchev–Trinajstić information content (AvgIpc) is 2.49. The molecule has 0 aromatic heterocycles. The Bertz CT molecular complexity index is 708. The van der Waals surface area contributed by atoms with Gasteiger partial charge in [0.15, 0.2) is 0 Å². The van der Waals surface area contributed by atoms with Crippen LogP contribution in [0.3, 0.4) is 0 Å². The minimum absolute atomic E-state index is 0.208. The summed E-state index contributed by atoms with van der Waals surface area (Å²) in [6.07, 6.45) is -0.208. The molecule has 2 rings (SSSR count). The Morgan fingerprint density at radius 1 is 0.870 bits per heavy atom. The molecule has 0 radical (unpaired) electrons. The van der Waals surface area contributed by atoms with Crippen LogP contribution in [0, 0.1) is 6.92 Å². The Labute approximate surface area is 136 Å². The number of anilines is 2. The summed E-state index contributed by atoms with van der Waals surface area (Å²) >= 11 is 0. The van der Waals surface area contributed by atoms with Crippen LogP contribution >= 0.6 is 0 Å². The van der Waals surface area contributed by atoms with Crippen LogP contribution in [0.4, 0.5) is 11.4 Å². The highest BCUT2D eigenvalue weighted by atomic mass is 16.2.